The molecular weight excluding hydrogens is 329 g/mol. The Labute approximate surface area is 153 Å². The topological polar surface area (TPSA) is 43.1 Å². The van der Waals surface area contributed by atoms with E-state index >= 15 is 0 Å². The number of nitrogens with two attached hydrogens (primary N) is 1. The highest BCUT2D eigenvalue weighted by atomic mass is 35.5. The van der Waals surface area contributed by atoms with Gasteiger partial charge in [-0.3, -0.25) is 0 Å². The number of halogens is 2. The van der Waals surface area contributed by atoms with Crippen LogP contribution >= 0.6 is 23.2 Å². The van der Waals surface area contributed by atoms with Gasteiger partial charge in [0.05, 0.1) is 10.0 Å². The molecule has 1 rings (SSSR count). The van der Waals surface area contributed by atoms with Gasteiger partial charge in [-0.05, 0) is 37.1 Å². The Bertz CT molecular complexity index is 368. The fraction of sp³-hybridized carbons (Fsp3) is 0.632. The highest BCUT2D eigenvalue weighted by Gasteiger charge is 1.96. The molecule has 0 aliphatic heterocycles. The molecule has 0 fully saturated rings. The molecule has 1 unspecified atom stereocenters. The van der Waals surface area contributed by atoms with E-state index in [1.165, 1.54) is 18.4 Å². The predicted molar refractivity (Wildman–Crippen MR) is 107 cm³/mol. The Morgan fingerprint density at radius 3 is 1.74 bits per heavy atom. The summed E-state index contributed by atoms with van der Waals surface area (Å²) in [6.07, 6.45) is 5.57. The number of rotatable bonds is 4. The molecule has 1 atom stereocenters. The Kier molecular flexibility index (Phi) is 25.4. The maximum atomic E-state index is 9.74. The molecule has 0 saturated heterocycles. The second-order valence-corrected chi connectivity index (χ2v) is 5.85. The Hall–Kier alpha value is -0.570. The minimum Gasteiger partial charge on any atom is -0.331 e. The van der Waals surface area contributed by atoms with Crippen molar-refractivity contribution in [1.29, 1.82) is 0 Å². The van der Waals surface area contributed by atoms with Crippen LogP contribution in [0.2, 0.25) is 10.0 Å². The molecule has 0 aliphatic carbocycles. The van der Waals surface area contributed by atoms with Crippen LogP contribution in [0, 0.1) is 5.92 Å². The van der Waals surface area contributed by atoms with Crippen molar-refractivity contribution in [1.82, 2.24) is 0 Å². The first-order chi connectivity index (χ1) is 10.9. The van der Waals surface area contributed by atoms with Crippen molar-refractivity contribution in [2.45, 2.75) is 67.2 Å². The first kappa shape index (κ1) is 27.3. The SMILES string of the molecule is CCC(C)C=O.CCCC.CCN.CCc1ccc(Cl)c(Cl)c1. The van der Waals surface area contributed by atoms with E-state index in [4.69, 9.17) is 28.9 Å². The van der Waals surface area contributed by atoms with Crippen molar-refractivity contribution in [3.8, 4) is 0 Å². The monoisotopic (exact) mass is 363 g/mol. The van der Waals surface area contributed by atoms with Crippen LogP contribution in [-0.4, -0.2) is 12.8 Å². The second kappa shape index (κ2) is 21.4. The molecule has 1 aromatic rings. The molecule has 0 aliphatic rings. The van der Waals surface area contributed by atoms with E-state index in [-0.39, 0.29) is 5.92 Å². The van der Waals surface area contributed by atoms with Crippen molar-refractivity contribution in [3.63, 3.8) is 0 Å². The van der Waals surface area contributed by atoms with Crippen molar-refractivity contribution < 1.29 is 4.79 Å². The summed E-state index contributed by atoms with van der Waals surface area (Å²) in [5.74, 6) is 0.255. The summed E-state index contributed by atoms with van der Waals surface area (Å²) in [6.45, 7) is 13.0. The lowest BCUT2D eigenvalue weighted by molar-refractivity contribution is -0.110. The van der Waals surface area contributed by atoms with Crippen molar-refractivity contribution in [2.24, 2.45) is 11.7 Å². The molecule has 2 nitrogen and oxygen atoms in total. The average molecular weight is 364 g/mol. The predicted octanol–water partition coefficient (Wildman–Crippen LogP) is 6.56. The van der Waals surface area contributed by atoms with Crippen molar-refractivity contribution in [3.05, 3.63) is 33.8 Å². The zero-order valence-electron chi connectivity index (χ0n) is 15.7. The summed E-state index contributed by atoms with van der Waals surface area (Å²) >= 11 is 11.5. The average Bonchev–Trinajstić information content (AvgIpc) is 2.58. The van der Waals surface area contributed by atoms with Gasteiger partial charge in [-0.1, -0.05) is 83.7 Å². The van der Waals surface area contributed by atoms with Crippen LogP contribution < -0.4 is 5.73 Å². The van der Waals surface area contributed by atoms with Gasteiger partial charge in [0.15, 0.2) is 0 Å². The van der Waals surface area contributed by atoms with Gasteiger partial charge in [-0.15, -0.1) is 0 Å². The lowest BCUT2D eigenvalue weighted by Crippen LogP contribution is -1.89. The van der Waals surface area contributed by atoms with E-state index in [9.17, 15) is 4.79 Å². The minimum atomic E-state index is 0.255. The molecule has 1 aromatic carbocycles. The summed E-state index contributed by atoms with van der Waals surface area (Å²) in [5.41, 5.74) is 6.06. The summed E-state index contributed by atoms with van der Waals surface area (Å²) in [7, 11) is 0. The zero-order valence-corrected chi connectivity index (χ0v) is 17.2. The van der Waals surface area contributed by atoms with Gasteiger partial charge >= 0.3 is 0 Å². The van der Waals surface area contributed by atoms with Gasteiger partial charge in [-0.25, -0.2) is 0 Å². The number of aryl methyl sites for hydroxylation is 1. The van der Waals surface area contributed by atoms with Crippen molar-refractivity contribution >= 4 is 29.5 Å². The molecule has 0 radical (unpaired) electrons. The standard InChI is InChI=1S/C8H8Cl2.C5H10O.C4H10.C2H7N/c1-2-6-3-4-7(9)8(10)5-6;1-3-5(2)4-6;1-3-4-2;1-2-3/h3-5H,2H2,1H3;4-5H,3H2,1-2H3;3-4H2,1-2H3;2-3H2,1H3. The van der Waals surface area contributed by atoms with E-state index in [1.807, 2.05) is 39.0 Å². The molecule has 0 bridgehead atoms. The third-order valence-electron chi connectivity index (χ3n) is 2.77. The molecule has 2 N–H and O–H groups in total. The number of aldehydes is 1. The largest absolute Gasteiger partial charge is 0.331 e. The smallest absolute Gasteiger partial charge is 0.122 e. The fourth-order valence-corrected chi connectivity index (χ4v) is 1.18. The van der Waals surface area contributed by atoms with Crippen molar-refractivity contribution in [2.75, 3.05) is 6.54 Å². The normalized spacial score (nSPS) is 9.96. The van der Waals surface area contributed by atoms with Gasteiger partial charge in [-0.2, -0.15) is 0 Å². The van der Waals surface area contributed by atoms with E-state index in [2.05, 4.69) is 20.8 Å². The molecule has 136 valence electrons. The summed E-state index contributed by atoms with van der Waals surface area (Å²) < 4.78 is 0. The number of carbonyl (C=O) groups is 1. The lowest BCUT2D eigenvalue weighted by Gasteiger charge is -1.97. The van der Waals surface area contributed by atoms with E-state index in [0.717, 1.165) is 25.7 Å². The van der Waals surface area contributed by atoms with Crippen LogP contribution in [0.1, 0.15) is 66.4 Å². The Balaban J connectivity index is -0.000000264. The Morgan fingerprint density at radius 1 is 1.04 bits per heavy atom. The molecule has 0 heterocycles. The van der Waals surface area contributed by atoms with Crippen LogP contribution in [0.5, 0.6) is 0 Å². The molecule has 0 amide bonds. The molecule has 4 heteroatoms. The molecular formula is C19H35Cl2NO. The molecule has 0 aromatic heterocycles. The van der Waals surface area contributed by atoms with Crippen LogP contribution in [0.15, 0.2) is 18.2 Å². The van der Waals surface area contributed by atoms with Gasteiger partial charge in [0.25, 0.3) is 0 Å². The van der Waals surface area contributed by atoms with Crippen LogP contribution in [0.3, 0.4) is 0 Å². The number of hydrogen-bond donors (Lipinski definition) is 1. The van der Waals surface area contributed by atoms with E-state index < -0.39 is 0 Å². The van der Waals surface area contributed by atoms with E-state index in [1.54, 1.807) is 0 Å². The number of benzene rings is 1. The third-order valence-corrected chi connectivity index (χ3v) is 3.51. The molecule has 23 heavy (non-hydrogen) atoms. The fourth-order valence-electron chi connectivity index (χ4n) is 0.856. The van der Waals surface area contributed by atoms with Gasteiger partial charge in [0.2, 0.25) is 0 Å². The second-order valence-electron chi connectivity index (χ2n) is 5.03. The summed E-state index contributed by atoms with van der Waals surface area (Å²) in [6, 6.07) is 5.70. The van der Waals surface area contributed by atoms with Gasteiger partial charge < -0.3 is 10.5 Å². The van der Waals surface area contributed by atoms with Gasteiger partial charge in [0, 0.05) is 5.92 Å². The molecule has 0 spiro atoms. The summed E-state index contributed by atoms with van der Waals surface area (Å²) in [4.78, 5) is 9.74. The van der Waals surface area contributed by atoms with Crippen LogP contribution in [0.4, 0.5) is 0 Å². The molecule has 0 saturated carbocycles. The first-order valence-corrected chi connectivity index (χ1v) is 9.22. The Morgan fingerprint density at radius 2 is 1.52 bits per heavy atom. The number of unbranched alkanes of at least 4 members (excludes halogenated alkanes) is 1. The minimum absolute atomic E-state index is 0.255. The maximum Gasteiger partial charge on any atom is 0.122 e. The van der Waals surface area contributed by atoms with Crippen LogP contribution in [-0.2, 0) is 11.2 Å². The summed E-state index contributed by atoms with van der Waals surface area (Å²) in [5, 5.41) is 1.26. The van der Waals surface area contributed by atoms with E-state index in [0.29, 0.717) is 10.0 Å². The quantitative estimate of drug-likeness (QED) is 0.615. The number of carbonyl (C=O) groups excluding carboxylic acids is 1. The van der Waals surface area contributed by atoms with Crippen LogP contribution in [0.25, 0.3) is 0 Å². The highest BCUT2D eigenvalue weighted by molar-refractivity contribution is 6.42. The number of hydrogen-bond acceptors (Lipinski definition) is 2. The zero-order chi connectivity index (χ0) is 18.7. The maximum absolute atomic E-state index is 9.74. The lowest BCUT2D eigenvalue weighted by atomic mass is 10.2. The third kappa shape index (κ3) is 21.4. The van der Waals surface area contributed by atoms with Gasteiger partial charge in [0.1, 0.15) is 6.29 Å². The highest BCUT2D eigenvalue weighted by Crippen LogP contribution is 2.22. The first-order valence-electron chi connectivity index (χ1n) is 8.47.